The van der Waals surface area contributed by atoms with Gasteiger partial charge in [-0.2, -0.15) is 13.2 Å². The van der Waals surface area contributed by atoms with Crippen LogP contribution in [0.3, 0.4) is 0 Å². The van der Waals surface area contributed by atoms with Crippen molar-refractivity contribution >= 4 is 5.91 Å². The molecular formula is C26H27F3N2O. The molecule has 0 aromatic heterocycles. The van der Waals surface area contributed by atoms with E-state index < -0.39 is 17.8 Å². The zero-order valence-electron chi connectivity index (χ0n) is 18.1. The molecule has 32 heavy (non-hydrogen) atoms. The molecule has 0 aliphatic carbocycles. The van der Waals surface area contributed by atoms with Crippen LogP contribution < -0.4 is 10.6 Å². The van der Waals surface area contributed by atoms with Gasteiger partial charge in [-0.25, -0.2) is 0 Å². The van der Waals surface area contributed by atoms with Crippen LogP contribution in [0.2, 0.25) is 0 Å². The maximum absolute atomic E-state index is 12.9. The minimum Gasteiger partial charge on any atom is -0.358 e. The highest BCUT2D eigenvalue weighted by Gasteiger charge is 2.30. The van der Waals surface area contributed by atoms with Crippen molar-refractivity contribution in [2.45, 2.75) is 38.0 Å². The van der Waals surface area contributed by atoms with Gasteiger partial charge in [0, 0.05) is 13.1 Å². The highest BCUT2D eigenvalue weighted by atomic mass is 19.4. The summed E-state index contributed by atoms with van der Waals surface area (Å²) >= 11 is 0. The van der Waals surface area contributed by atoms with Gasteiger partial charge in [-0.1, -0.05) is 72.3 Å². The van der Waals surface area contributed by atoms with E-state index in [4.69, 9.17) is 0 Å². The number of amides is 1. The molecule has 3 aromatic carbocycles. The quantitative estimate of drug-likeness (QED) is 0.467. The number of hydrogen-bond acceptors (Lipinski definition) is 2. The van der Waals surface area contributed by atoms with Crippen molar-refractivity contribution in [3.63, 3.8) is 0 Å². The Bertz CT molecular complexity index is 1020. The van der Waals surface area contributed by atoms with Crippen LogP contribution in [-0.2, 0) is 17.4 Å². The van der Waals surface area contributed by atoms with Crippen LogP contribution in [0.25, 0.3) is 0 Å². The Morgan fingerprint density at radius 3 is 2.16 bits per heavy atom. The third-order valence-electron chi connectivity index (χ3n) is 5.46. The fourth-order valence-electron chi connectivity index (χ4n) is 3.72. The minimum absolute atomic E-state index is 0.150. The first-order chi connectivity index (χ1) is 15.3. The molecule has 0 radical (unpaired) electrons. The van der Waals surface area contributed by atoms with Crippen LogP contribution in [0, 0.1) is 6.92 Å². The summed E-state index contributed by atoms with van der Waals surface area (Å²) in [4.78, 5) is 12.7. The second-order valence-electron chi connectivity index (χ2n) is 7.82. The summed E-state index contributed by atoms with van der Waals surface area (Å²) in [7, 11) is 1.60. The first kappa shape index (κ1) is 23.5. The second kappa shape index (κ2) is 10.5. The van der Waals surface area contributed by atoms with Crippen LogP contribution in [0.15, 0.2) is 78.9 Å². The van der Waals surface area contributed by atoms with E-state index in [2.05, 4.69) is 16.7 Å². The van der Waals surface area contributed by atoms with E-state index in [1.807, 2.05) is 55.5 Å². The molecule has 0 spiro atoms. The fraction of sp³-hybridized carbons (Fsp3) is 0.269. The van der Waals surface area contributed by atoms with Gasteiger partial charge >= 0.3 is 6.18 Å². The predicted octanol–water partition coefficient (Wildman–Crippen LogP) is 5.76. The topological polar surface area (TPSA) is 41.1 Å². The monoisotopic (exact) mass is 440 g/mol. The second-order valence-corrected chi connectivity index (χ2v) is 7.82. The number of carbonyl (C=O) groups is 1. The van der Waals surface area contributed by atoms with Crippen molar-refractivity contribution in [3.8, 4) is 0 Å². The highest BCUT2D eigenvalue weighted by Crippen LogP contribution is 2.30. The molecule has 3 rings (SSSR count). The van der Waals surface area contributed by atoms with Gasteiger partial charge in [0.05, 0.1) is 5.56 Å². The molecule has 0 saturated heterocycles. The molecule has 0 fully saturated rings. The van der Waals surface area contributed by atoms with Crippen molar-refractivity contribution in [2.24, 2.45) is 0 Å². The van der Waals surface area contributed by atoms with Crippen molar-refractivity contribution in [2.75, 3.05) is 7.05 Å². The Balaban J connectivity index is 1.84. The van der Waals surface area contributed by atoms with Gasteiger partial charge in [-0.05, 0) is 48.6 Å². The van der Waals surface area contributed by atoms with Crippen LogP contribution >= 0.6 is 0 Å². The average Bonchev–Trinajstić information content (AvgIpc) is 2.79. The Hall–Kier alpha value is -3.12. The normalized spacial score (nSPS) is 13.4. The van der Waals surface area contributed by atoms with E-state index in [9.17, 15) is 18.0 Å². The Morgan fingerprint density at radius 1 is 0.906 bits per heavy atom. The predicted molar refractivity (Wildman–Crippen MR) is 120 cm³/mol. The zero-order chi connectivity index (χ0) is 23.1. The smallest absolute Gasteiger partial charge is 0.358 e. The summed E-state index contributed by atoms with van der Waals surface area (Å²) in [6.07, 6.45) is -3.16. The number of aryl methyl sites for hydroxylation is 2. The van der Waals surface area contributed by atoms with Gasteiger partial charge in [0.25, 0.3) is 0 Å². The van der Waals surface area contributed by atoms with Gasteiger partial charge in [-0.3, -0.25) is 10.1 Å². The van der Waals surface area contributed by atoms with Crippen LogP contribution in [-0.4, -0.2) is 13.0 Å². The third kappa shape index (κ3) is 6.20. The molecule has 6 heteroatoms. The average molecular weight is 441 g/mol. The van der Waals surface area contributed by atoms with Crippen molar-refractivity contribution in [1.29, 1.82) is 0 Å². The number of nitrogens with one attached hydrogen (secondary N) is 2. The van der Waals surface area contributed by atoms with E-state index >= 15 is 0 Å². The van der Waals surface area contributed by atoms with Gasteiger partial charge < -0.3 is 5.32 Å². The molecular weight excluding hydrogens is 413 g/mol. The SMILES string of the molecule is CNC(=O)[C@@H](N[C@H](CCc1ccc(C(F)(F)F)cc1)c1cccc(C)c1)c1ccccc1. The molecule has 2 N–H and O–H groups in total. The van der Waals surface area contributed by atoms with Crippen molar-refractivity contribution < 1.29 is 18.0 Å². The molecule has 0 heterocycles. The largest absolute Gasteiger partial charge is 0.416 e. The maximum Gasteiger partial charge on any atom is 0.416 e. The highest BCUT2D eigenvalue weighted by molar-refractivity contribution is 5.83. The number of rotatable bonds is 8. The molecule has 0 saturated carbocycles. The zero-order valence-corrected chi connectivity index (χ0v) is 18.1. The molecule has 3 aromatic rings. The summed E-state index contributed by atoms with van der Waals surface area (Å²) in [5.41, 5.74) is 3.13. The lowest BCUT2D eigenvalue weighted by Crippen LogP contribution is -2.38. The van der Waals surface area contributed by atoms with Crippen LogP contribution in [0.5, 0.6) is 0 Å². The first-order valence-corrected chi connectivity index (χ1v) is 10.5. The van der Waals surface area contributed by atoms with Crippen molar-refractivity contribution in [1.82, 2.24) is 10.6 Å². The Kier molecular flexibility index (Phi) is 7.70. The van der Waals surface area contributed by atoms with Gasteiger partial charge in [0.1, 0.15) is 6.04 Å². The maximum atomic E-state index is 12.9. The minimum atomic E-state index is -4.35. The van der Waals surface area contributed by atoms with Gasteiger partial charge in [0.2, 0.25) is 5.91 Å². The molecule has 0 unspecified atom stereocenters. The number of halogens is 3. The standard InChI is InChI=1S/C26H27F3N2O/c1-18-7-6-10-21(17-18)23(16-13-19-11-14-22(15-12-19)26(27,28)29)31-24(25(32)30-2)20-8-4-3-5-9-20/h3-12,14-15,17,23-24,31H,13,16H2,1-2H3,(H,30,32)/t23-,24+/m1/s1. The number of hydrogen-bond donors (Lipinski definition) is 2. The van der Waals surface area contributed by atoms with E-state index in [-0.39, 0.29) is 11.9 Å². The summed E-state index contributed by atoms with van der Waals surface area (Å²) < 4.78 is 38.6. The van der Waals surface area contributed by atoms with Crippen molar-refractivity contribution in [3.05, 3.63) is 107 Å². The van der Waals surface area contributed by atoms with E-state index in [1.54, 1.807) is 7.05 Å². The number of benzene rings is 3. The van der Waals surface area contributed by atoms with Crippen LogP contribution in [0.1, 0.15) is 46.3 Å². The summed E-state index contributed by atoms with van der Waals surface area (Å²) in [5, 5.41) is 6.20. The first-order valence-electron chi connectivity index (χ1n) is 10.5. The number of carbonyl (C=O) groups excluding carboxylic acids is 1. The molecule has 0 aliphatic rings. The molecule has 3 nitrogen and oxygen atoms in total. The Labute approximate surface area is 186 Å². The van der Waals surface area contributed by atoms with E-state index in [1.165, 1.54) is 12.1 Å². The molecule has 0 bridgehead atoms. The molecule has 168 valence electrons. The Morgan fingerprint density at radius 2 is 1.56 bits per heavy atom. The van der Waals surface area contributed by atoms with E-state index in [0.717, 1.165) is 34.4 Å². The number of likely N-dealkylation sites (N-methyl/N-ethyl adjacent to an activating group) is 1. The summed E-state index contributed by atoms with van der Waals surface area (Å²) in [5.74, 6) is -0.150. The molecule has 0 aliphatic heterocycles. The lowest BCUT2D eigenvalue weighted by atomic mass is 9.95. The lowest BCUT2D eigenvalue weighted by Gasteiger charge is -2.26. The fourth-order valence-corrected chi connectivity index (χ4v) is 3.72. The van der Waals surface area contributed by atoms with Crippen LogP contribution in [0.4, 0.5) is 13.2 Å². The third-order valence-corrected chi connectivity index (χ3v) is 5.46. The van der Waals surface area contributed by atoms with Gasteiger partial charge in [0.15, 0.2) is 0 Å². The number of alkyl halides is 3. The van der Waals surface area contributed by atoms with E-state index in [0.29, 0.717) is 12.8 Å². The molecule has 1 amide bonds. The summed E-state index contributed by atoms with van der Waals surface area (Å²) in [6.45, 7) is 2.00. The molecule has 2 atom stereocenters. The lowest BCUT2D eigenvalue weighted by molar-refractivity contribution is -0.137. The summed E-state index contributed by atoms with van der Waals surface area (Å²) in [6, 6.07) is 22.0. The van der Waals surface area contributed by atoms with Gasteiger partial charge in [-0.15, -0.1) is 0 Å².